The number of aliphatic hydroxyl groups is 1. The minimum atomic E-state index is -3.96. The summed E-state index contributed by atoms with van der Waals surface area (Å²) in [5.41, 5.74) is 2.26. The van der Waals surface area contributed by atoms with Crippen molar-refractivity contribution in [1.82, 2.24) is 24.2 Å². The number of amides is 1. The molecule has 0 saturated heterocycles. The number of rotatable bonds is 7. The smallest absolute Gasteiger partial charge is 0.247 e. The molecule has 0 saturated carbocycles. The van der Waals surface area contributed by atoms with Crippen LogP contribution in [0.4, 0.5) is 0 Å². The van der Waals surface area contributed by atoms with E-state index in [1.54, 1.807) is 67.9 Å². The predicted octanol–water partition coefficient (Wildman–Crippen LogP) is 2.01. The molecule has 1 N–H and O–H groups in total. The van der Waals surface area contributed by atoms with E-state index in [9.17, 15) is 18.3 Å². The number of carbonyl (C=O) groups excluding carboxylic acids is 1. The molecule has 11 heteroatoms. The zero-order valence-electron chi connectivity index (χ0n) is 21.1. The topological polar surface area (TPSA) is 126 Å². The van der Waals surface area contributed by atoms with Gasteiger partial charge >= 0.3 is 0 Å². The van der Waals surface area contributed by atoms with Gasteiger partial charge in [-0.2, -0.15) is 4.31 Å². The van der Waals surface area contributed by atoms with Crippen molar-refractivity contribution in [1.29, 1.82) is 0 Å². The number of nitrogens with zero attached hydrogens (tertiary/aromatic N) is 5. The van der Waals surface area contributed by atoms with E-state index in [-0.39, 0.29) is 48.6 Å². The van der Waals surface area contributed by atoms with Crippen LogP contribution in [-0.4, -0.2) is 82.5 Å². The summed E-state index contributed by atoms with van der Waals surface area (Å²) in [5.74, 6) is -0.187. The predicted molar refractivity (Wildman–Crippen MR) is 137 cm³/mol. The van der Waals surface area contributed by atoms with Crippen molar-refractivity contribution >= 4 is 15.9 Å². The number of hydrogen-bond donors (Lipinski definition) is 1. The third-order valence-electron chi connectivity index (χ3n) is 6.55. The Morgan fingerprint density at radius 2 is 1.86 bits per heavy atom. The van der Waals surface area contributed by atoms with Crippen LogP contribution in [-0.2, 0) is 21.2 Å². The van der Waals surface area contributed by atoms with E-state index < -0.39 is 22.2 Å². The van der Waals surface area contributed by atoms with Crippen molar-refractivity contribution in [2.75, 3.05) is 26.7 Å². The van der Waals surface area contributed by atoms with Crippen LogP contribution in [0.1, 0.15) is 19.4 Å². The Balaban J connectivity index is 1.69. The summed E-state index contributed by atoms with van der Waals surface area (Å²) in [6.07, 6.45) is 7.70. The lowest BCUT2D eigenvalue weighted by molar-refractivity contribution is -0.130. The van der Waals surface area contributed by atoms with E-state index >= 15 is 0 Å². The van der Waals surface area contributed by atoms with Gasteiger partial charge in [0.2, 0.25) is 15.9 Å². The second-order valence-corrected chi connectivity index (χ2v) is 11.2. The first-order valence-corrected chi connectivity index (χ1v) is 13.5. The molecule has 1 aliphatic heterocycles. The minimum Gasteiger partial charge on any atom is -0.487 e. The normalized spacial score (nSPS) is 20.1. The van der Waals surface area contributed by atoms with Gasteiger partial charge in [-0.1, -0.05) is 13.0 Å². The van der Waals surface area contributed by atoms with Gasteiger partial charge in [-0.05, 0) is 42.3 Å². The highest BCUT2D eigenvalue weighted by molar-refractivity contribution is 7.89. The Bertz CT molecular complexity index is 1320. The van der Waals surface area contributed by atoms with Crippen LogP contribution in [0.15, 0.2) is 66.3 Å². The monoisotopic (exact) mass is 525 g/mol. The molecule has 1 aliphatic rings. The molecule has 196 valence electrons. The van der Waals surface area contributed by atoms with Crippen molar-refractivity contribution in [3.63, 3.8) is 0 Å². The Morgan fingerprint density at radius 1 is 1.16 bits per heavy atom. The molecule has 1 amide bonds. The molecule has 0 bridgehead atoms. The summed E-state index contributed by atoms with van der Waals surface area (Å²) in [4.78, 5) is 26.6. The van der Waals surface area contributed by atoms with Gasteiger partial charge in [-0.25, -0.2) is 18.4 Å². The molecular weight excluding hydrogens is 494 g/mol. The van der Waals surface area contributed by atoms with Crippen molar-refractivity contribution in [3.05, 3.63) is 67.0 Å². The molecule has 2 aromatic heterocycles. The number of likely N-dealkylation sites (N-methyl/N-ethyl adjacent to an activating group) is 1. The summed E-state index contributed by atoms with van der Waals surface area (Å²) in [5, 5.41) is 9.82. The Morgan fingerprint density at radius 3 is 2.54 bits per heavy atom. The van der Waals surface area contributed by atoms with E-state index in [0.29, 0.717) is 11.1 Å². The number of aromatic nitrogens is 3. The number of sulfonamides is 1. The van der Waals surface area contributed by atoms with Crippen LogP contribution < -0.4 is 4.74 Å². The third kappa shape index (κ3) is 5.95. The minimum absolute atomic E-state index is 0.0102. The van der Waals surface area contributed by atoms with Gasteiger partial charge in [0.25, 0.3) is 0 Å². The molecule has 0 aliphatic carbocycles. The molecular formula is C26H31N5O5S. The maximum Gasteiger partial charge on any atom is 0.247 e. The fourth-order valence-electron chi connectivity index (χ4n) is 4.25. The lowest BCUT2D eigenvalue weighted by Crippen LogP contribution is -2.50. The second-order valence-electron chi connectivity index (χ2n) is 9.34. The summed E-state index contributed by atoms with van der Waals surface area (Å²) < 4.78 is 35.0. The van der Waals surface area contributed by atoms with Crippen molar-refractivity contribution in [2.24, 2.45) is 5.92 Å². The van der Waals surface area contributed by atoms with Crippen molar-refractivity contribution in [2.45, 2.75) is 37.3 Å². The lowest BCUT2D eigenvalue weighted by Gasteiger charge is -2.37. The number of aliphatic hydroxyl groups excluding tert-OH is 1. The third-order valence-corrected chi connectivity index (χ3v) is 8.56. The van der Waals surface area contributed by atoms with Crippen LogP contribution in [0.3, 0.4) is 0 Å². The molecule has 0 spiro atoms. The maximum atomic E-state index is 13.7. The first-order valence-electron chi connectivity index (χ1n) is 12.0. The average Bonchev–Trinajstić information content (AvgIpc) is 2.91. The second kappa shape index (κ2) is 11.3. The molecule has 0 unspecified atom stereocenters. The molecule has 1 aromatic carbocycles. The van der Waals surface area contributed by atoms with Crippen LogP contribution in [0.25, 0.3) is 11.1 Å². The summed E-state index contributed by atoms with van der Waals surface area (Å²) in [7, 11) is -2.25. The molecule has 37 heavy (non-hydrogen) atoms. The van der Waals surface area contributed by atoms with Gasteiger partial charge in [0.1, 0.15) is 23.1 Å². The Hall–Kier alpha value is -3.41. The molecule has 3 heterocycles. The summed E-state index contributed by atoms with van der Waals surface area (Å²) in [6, 6.07) is 7.82. The van der Waals surface area contributed by atoms with Gasteiger partial charge in [-0.3, -0.25) is 9.78 Å². The van der Waals surface area contributed by atoms with E-state index in [1.807, 2.05) is 6.92 Å². The number of benzene rings is 1. The van der Waals surface area contributed by atoms with Crippen LogP contribution >= 0.6 is 0 Å². The number of carbonyl (C=O) groups is 1. The lowest BCUT2D eigenvalue weighted by atomic mass is 10.0. The van der Waals surface area contributed by atoms with Gasteiger partial charge in [0.05, 0.1) is 19.6 Å². The highest BCUT2D eigenvalue weighted by Gasteiger charge is 2.38. The van der Waals surface area contributed by atoms with Crippen molar-refractivity contribution in [3.8, 4) is 16.9 Å². The van der Waals surface area contributed by atoms with Gasteiger partial charge in [0.15, 0.2) is 0 Å². The van der Waals surface area contributed by atoms with E-state index in [1.165, 1.54) is 16.7 Å². The largest absolute Gasteiger partial charge is 0.487 e. The zero-order chi connectivity index (χ0) is 26.6. The number of fused-ring (bicyclic) bond motifs is 1. The number of pyridine rings is 1. The van der Waals surface area contributed by atoms with Crippen LogP contribution in [0.5, 0.6) is 5.75 Å². The molecule has 3 aromatic rings. The van der Waals surface area contributed by atoms with E-state index in [2.05, 4.69) is 15.0 Å². The van der Waals surface area contributed by atoms with E-state index in [4.69, 9.17) is 4.74 Å². The first kappa shape index (κ1) is 26.6. The zero-order valence-corrected chi connectivity index (χ0v) is 21.9. The highest BCUT2D eigenvalue weighted by Crippen LogP contribution is 2.36. The SMILES string of the molecule is C[C@H]1CN([C@@H](C)CO)S(=O)(=O)c2ccc(-c3cncnc3)cc2O[C@@H]1CN(C)C(=O)Cc1ccncc1. The first-order chi connectivity index (χ1) is 17.7. The molecule has 0 fully saturated rings. The van der Waals surface area contributed by atoms with Gasteiger partial charge < -0.3 is 14.7 Å². The quantitative estimate of drug-likeness (QED) is 0.497. The van der Waals surface area contributed by atoms with E-state index in [0.717, 1.165) is 5.56 Å². The standard InChI is InChI=1S/C26H31N5O5S/c1-18-14-31(19(2)16-32)37(34,35)25-5-4-21(22-12-28-17-29-13-22)11-23(25)36-24(18)15-30(3)26(33)10-20-6-8-27-9-7-20/h4-9,11-13,17-19,24,32H,10,14-16H2,1-3H3/t18-,19-,24+/m0/s1. The van der Waals surface area contributed by atoms with Crippen LogP contribution in [0, 0.1) is 5.92 Å². The average molecular weight is 526 g/mol. The number of hydrogen-bond acceptors (Lipinski definition) is 8. The number of ether oxygens (including phenoxy) is 1. The molecule has 3 atom stereocenters. The molecule has 4 rings (SSSR count). The van der Waals surface area contributed by atoms with Crippen LogP contribution in [0.2, 0.25) is 0 Å². The fourth-order valence-corrected chi connectivity index (χ4v) is 6.08. The molecule has 10 nitrogen and oxygen atoms in total. The maximum absolute atomic E-state index is 13.7. The Kier molecular flexibility index (Phi) is 8.16. The molecule has 0 radical (unpaired) electrons. The Labute approximate surface area is 217 Å². The summed E-state index contributed by atoms with van der Waals surface area (Å²) in [6.45, 7) is 3.62. The highest BCUT2D eigenvalue weighted by atomic mass is 32.2. The van der Waals surface area contributed by atoms with Gasteiger partial charge in [-0.15, -0.1) is 0 Å². The van der Waals surface area contributed by atoms with Gasteiger partial charge in [0, 0.05) is 55.9 Å². The van der Waals surface area contributed by atoms with Crippen molar-refractivity contribution < 1.29 is 23.1 Å². The summed E-state index contributed by atoms with van der Waals surface area (Å²) >= 11 is 0. The fraction of sp³-hybridized carbons (Fsp3) is 0.385.